The normalized spacial score (nSPS) is 11.0. The molecule has 2 aromatic carbocycles. The van der Waals surface area contributed by atoms with E-state index >= 15 is 0 Å². The van der Waals surface area contributed by atoms with Crippen molar-refractivity contribution in [3.8, 4) is 0 Å². The average molecular weight is 328 g/mol. The lowest BCUT2D eigenvalue weighted by Crippen LogP contribution is -2.28. The number of benzene rings is 2. The van der Waals surface area contributed by atoms with Crippen LogP contribution in [0.1, 0.15) is 22.5 Å². The number of aromatic amines is 1. The second-order valence-corrected chi connectivity index (χ2v) is 5.82. The second kappa shape index (κ2) is 6.83. The molecule has 0 aliphatic rings. The summed E-state index contributed by atoms with van der Waals surface area (Å²) in [6.07, 6.45) is 1.68. The smallest absolute Gasteiger partial charge is 0.270 e. The number of carbonyl (C=O) groups excluding carboxylic acids is 1. The molecule has 3 rings (SSSR count). The maximum absolute atomic E-state index is 13.7. The number of nitrogens with zero attached hydrogens (tertiary/aromatic N) is 1. The van der Waals surface area contributed by atoms with E-state index in [0.29, 0.717) is 6.54 Å². The molecule has 0 saturated heterocycles. The number of carbonyl (C=O) groups is 1. The number of nitrogens with one attached hydrogen (secondary N) is 1. The lowest BCUT2D eigenvalue weighted by Gasteiger charge is -2.16. The van der Waals surface area contributed by atoms with Gasteiger partial charge in [-0.3, -0.25) is 4.79 Å². The van der Waals surface area contributed by atoms with Crippen molar-refractivity contribution in [3.05, 3.63) is 71.4 Å². The van der Waals surface area contributed by atoms with Crippen LogP contribution in [0.15, 0.2) is 48.5 Å². The molecule has 0 spiro atoms. The van der Waals surface area contributed by atoms with Gasteiger partial charge in [0.25, 0.3) is 5.91 Å². The van der Waals surface area contributed by atoms with Gasteiger partial charge in [-0.15, -0.1) is 0 Å². The fourth-order valence-electron chi connectivity index (χ4n) is 2.74. The third-order valence-electron chi connectivity index (χ3n) is 4.07. The molecule has 0 aliphatic carbocycles. The summed E-state index contributed by atoms with van der Waals surface area (Å²) in [5.41, 5.74) is 1.43. The minimum absolute atomic E-state index is 0.0241. The van der Waals surface area contributed by atoms with E-state index in [9.17, 15) is 13.6 Å². The number of halogens is 2. The van der Waals surface area contributed by atoms with Crippen molar-refractivity contribution >= 4 is 16.8 Å². The summed E-state index contributed by atoms with van der Waals surface area (Å²) in [7, 11) is 1.69. The Labute approximate surface area is 138 Å². The van der Waals surface area contributed by atoms with Gasteiger partial charge in [-0.05, 0) is 36.6 Å². The Morgan fingerprint density at radius 1 is 1.08 bits per heavy atom. The van der Waals surface area contributed by atoms with Gasteiger partial charge in [0.05, 0.1) is 5.52 Å². The Balaban J connectivity index is 1.67. The SMILES string of the molecule is CN(CCCc1ccccc1)C(=O)c1cc2c(F)ccc(F)c2[nH]1. The molecular weight excluding hydrogens is 310 g/mol. The first-order chi connectivity index (χ1) is 11.6. The van der Waals surface area contributed by atoms with E-state index in [1.54, 1.807) is 11.9 Å². The molecule has 1 amide bonds. The van der Waals surface area contributed by atoms with Crippen LogP contribution >= 0.6 is 0 Å². The summed E-state index contributed by atoms with van der Waals surface area (Å²) in [5, 5.41) is 0.0936. The van der Waals surface area contributed by atoms with Crippen molar-refractivity contribution in [1.82, 2.24) is 9.88 Å². The molecule has 1 N–H and O–H groups in total. The molecule has 1 heterocycles. The lowest BCUT2D eigenvalue weighted by atomic mass is 10.1. The number of rotatable bonds is 5. The molecular formula is C19H18F2N2O. The number of amides is 1. The Kier molecular flexibility index (Phi) is 4.60. The van der Waals surface area contributed by atoms with Crippen LogP contribution in [0.2, 0.25) is 0 Å². The van der Waals surface area contributed by atoms with Gasteiger partial charge in [0.2, 0.25) is 0 Å². The van der Waals surface area contributed by atoms with Crippen LogP contribution in [0.3, 0.4) is 0 Å². The maximum Gasteiger partial charge on any atom is 0.270 e. The first-order valence-corrected chi connectivity index (χ1v) is 7.82. The zero-order valence-corrected chi connectivity index (χ0v) is 13.4. The van der Waals surface area contributed by atoms with Crippen LogP contribution in [0.4, 0.5) is 8.78 Å². The highest BCUT2D eigenvalue weighted by Crippen LogP contribution is 2.22. The van der Waals surface area contributed by atoms with Crippen LogP contribution < -0.4 is 0 Å². The molecule has 1 aromatic heterocycles. The monoisotopic (exact) mass is 328 g/mol. The fraction of sp³-hybridized carbons (Fsp3) is 0.211. The number of H-pyrrole nitrogens is 1. The van der Waals surface area contributed by atoms with Crippen molar-refractivity contribution in [2.45, 2.75) is 12.8 Å². The van der Waals surface area contributed by atoms with Crippen LogP contribution in [-0.4, -0.2) is 29.4 Å². The molecule has 3 aromatic rings. The molecule has 0 saturated carbocycles. The highest BCUT2D eigenvalue weighted by Gasteiger charge is 2.17. The second-order valence-electron chi connectivity index (χ2n) is 5.82. The molecule has 0 fully saturated rings. The van der Waals surface area contributed by atoms with E-state index in [1.165, 1.54) is 11.6 Å². The Hall–Kier alpha value is -2.69. The van der Waals surface area contributed by atoms with Crippen LogP contribution in [0.5, 0.6) is 0 Å². The van der Waals surface area contributed by atoms with Crippen molar-refractivity contribution in [2.75, 3.05) is 13.6 Å². The Bertz CT molecular complexity index is 819. The Morgan fingerprint density at radius 3 is 2.50 bits per heavy atom. The minimum atomic E-state index is -0.572. The summed E-state index contributed by atoms with van der Waals surface area (Å²) in [6.45, 7) is 0.564. The summed E-state index contributed by atoms with van der Waals surface area (Å²) in [5.74, 6) is -1.40. The first-order valence-electron chi connectivity index (χ1n) is 7.82. The third kappa shape index (κ3) is 3.30. The van der Waals surface area contributed by atoms with Gasteiger partial charge in [-0.2, -0.15) is 0 Å². The van der Waals surface area contributed by atoms with Gasteiger partial charge in [0.1, 0.15) is 17.3 Å². The fourth-order valence-corrected chi connectivity index (χ4v) is 2.74. The number of hydrogen-bond acceptors (Lipinski definition) is 1. The minimum Gasteiger partial charge on any atom is -0.348 e. The lowest BCUT2D eigenvalue weighted by molar-refractivity contribution is 0.0789. The molecule has 0 unspecified atom stereocenters. The summed E-state index contributed by atoms with van der Waals surface area (Å²) < 4.78 is 27.4. The summed E-state index contributed by atoms with van der Waals surface area (Å²) in [6, 6.07) is 13.5. The third-order valence-corrected chi connectivity index (χ3v) is 4.07. The van der Waals surface area contributed by atoms with Gasteiger partial charge in [0.15, 0.2) is 0 Å². The van der Waals surface area contributed by atoms with Crippen molar-refractivity contribution < 1.29 is 13.6 Å². The summed E-state index contributed by atoms with van der Waals surface area (Å²) >= 11 is 0. The number of aryl methyl sites for hydroxylation is 1. The van der Waals surface area contributed by atoms with Crippen molar-refractivity contribution in [1.29, 1.82) is 0 Å². The van der Waals surface area contributed by atoms with Crippen LogP contribution in [-0.2, 0) is 6.42 Å². The Morgan fingerprint density at radius 2 is 1.79 bits per heavy atom. The quantitative estimate of drug-likeness (QED) is 0.750. The largest absolute Gasteiger partial charge is 0.348 e. The molecule has 24 heavy (non-hydrogen) atoms. The predicted molar refractivity (Wildman–Crippen MR) is 89.9 cm³/mol. The molecule has 124 valence electrons. The topological polar surface area (TPSA) is 36.1 Å². The predicted octanol–water partition coefficient (Wildman–Crippen LogP) is 4.15. The molecule has 0 bridgehead atoms. The van der Waals surface area contributed by atoms with Gasteiger partial charge < -0.3 is 9.88 Å². The maximum atomic E-state index is 13.7. The van der Waals surface area contributed by atoms with E-state index in [1.807, 2.05) is 30.3 Å². The number of hydrogen-bond donors (Lipinski definition) is 1. The zero-order chi connectivity index (χ0) is 17.1. The number of fused-ring (bicyclic) bond motifs is 1. The highest BCUT2D eigenvalue weighted by molar-refractivity contribution is 5.98. The molecule has 0 radical (unpaired) electrons. The average Bonchev–Trinajstić information content (AvgIpc) is 3.05. The van der Waals surface area contributed by atoms with E-state index in [2.05, 4.69) is 4.98 Å². The zero-order valence-electron chi connectivity index (χ0n) is 13.4. The summed E-state index contributed by atoms with van der Waals surface area (Å²) in [4.78, 5) is 16.7. The van der Waals surface area contributed by atoms with E-state index in [4.69, 9.17) is 0 Å². The molecule has 0 aliphatic heterocycles. The number of aromatic nitrogens is 1. The van der Waals surface area contributed by atoms with Gasteiger partial charge in [0, 0.05) is 19.0 Å². The van der Waals surface area contributed by atoms with E-state index < -0.39 is 11.6 Å². The first kappa shape index (κ1) is 16.2. The van der Waals surface area contributed by atoms with E-state index in [-0.39, 0.29) is 22.5 Å². The molecule has 3 nitrogen and oxygen atoms in total. The molecule has 0 atom stereocenters. The van der Waals surface area contributed by atoms with Gasteiger partial charge in [-0.25, -0.2) is 8.78 Å². The van der Waals surface area contributed by atoms with Gasteiger partial charge >= 0.3 is 0 Å². The molecule has 5 heteroatoms. The van der Waals surface area contributed by atoms with Crippen LogP contribution in [0, 0.1) is 11.6 Å². The van der Waals surface area contributed by atoms with E-state index in [0.717, 1.165) is 25.0 Å². The van der Waals surface area contributed by atoms with Gasteiger partial charge in [-0.1, -0.05) is 30.3 Å². The van der Waals surface area contributed by atoms with Crippen molar-refractivity contribution in [3.63, 3.8) is 0 Å². The highest BCUT2D eigenvalue weighted by atomic mass is 19.1. The van der Waals surface area contributed by atoms with Crippen molar-refractivity contribution in [2.24, 2.45) is 0 Å². The van der Waals surface area contributed by atoms with Crippen LogP contribution in [0.25, 0.3) is 10.9 Å². The standard InChI is InChI=1S/C19H18F2N2O/c1-23(11-5-8-13-6-3-2-4-7-13)19(24)17-12-14-15(20)9-10-16(21)18(14)22-17/h2-4,6-7,9-10,12,22H,5,8,11H2,1H3.